The lowest BCUT2D eigenvalue weighted by molar-refractivity contribution is 0.0980. The first-order valence-electron chi connectivity index (χ1n) is 6.17. The van der Waals surface area contributed by atoms with Crippen molar-refractivity contribution < 1.29 is 4.79 Å². The van der Waals surface area contributed by atoms with Gasteiger partial charge < -0.3 is 0 Å². The number of Topliss-reactive ketones (excluding diaryl/α,β-unsaturated/α-hetero) is 1. The zero-order valence-electron chi connectivity index (χ0n) is 10.8. The van der Waals surface area contributed by atoms with E-state index in [1.807, 2.05) is 6.07 Å². The topological polar surface area (TPSA) is 71.0 Å². The lowest BCUT2D eigenvalue weighted by Crippen LogP contribution is -2.11. The minimum absolute atomic E-state index is 0.303. The molecule has 0 bridgehead atoms. The molecule has 1 atom stereocenters. The van der Waals surface area contributed by atoms with Gasteiger partial charge in [-0.3, -0.25) is 9.78 Å². The second-order valence-electron chi connectivity index (χ2n) is 4.44. The molecule has 0 amide bonds. The Morgan fingerprint density at radius 2 is 2.05 bits per heavy atom. The molecule has 0 saturated heterocycles. The molecule has 0 saturated carbocycles. The first-order chi connectivity index (χ1) is 10.2. The van der Waals surface area contributed by atoms with E-state index in [2.05, 4.69) is 10.1 Å². The molecule has 0 radical (unpaired) electrons. The van der Waals surface area contributed by atoms with Crippen molar-refractivity contribution in [1.29, 1.82) is 5.26 Å². The summed E-state index contributed by atoms with van der Waals surface area (Å²) in [6.45, 7) is 0. The Morgan fingerprint density at radius 3 is 2.76 bits per heavy atom. The maximum atomic E-state index is 12.6. The molecule has 0 spiro atoms. The Bertz CT molecular complexity index is 848. The second kappa shape index (κ2) is 5.35. The average molecular weight is 297 g/mol. The van der Waals surface area contributed by atoms with Gasteiger partial charge in [-0.25, -0.2) is 4.52 Å². The van der Waals surface area contributed by atoms with Crippen molar-refractivity contribution in [3.63, 3.8) is 0 Å². The van der Waals surface area contributed by atoms with Crippen LogP contribution in [0, 0.1) is 11.3 Å². The molecule has 3 aromatic rings. The number of benzene rings is 1. The Labute approximate surface area is 125 Å². The molecule has 1 aromatic carbocycles. The molecule has 1 unspecified atom stereocenters. The summed E-state index contributed by atoms with van der Waals surface area (Å²) in [4.78, 5) is 16.6. The van der Waals surface area contributed by atoms with Crippen LogP contribution < -0.4 is 0 Å². The number of hydrogen-bond donors (Lipinski definition) is 0. The monoisotopic (exact) mass is 296 g/mol. The molecule has 0 aliphatic carbocycles. The summed E-state index contributed by atoms with van der Waals surface area (Å²) in [5.41, 5.74) is 1.57. The van der Waals surface area contributed by atoms with Gasteiger partial charge in [0.2, 0.25) is 0 Å². The largest absolute Gasteiger partial charge is 0.292 e. The maximum Gasteiger partial charge on any atom is 0.188 e. The highest BCUT2D eigenvalue weighted by Gasteiger charge is 2.24. The van der Waals surface area contributed by atoms with Gasteiger partial charge in [0.05, 0.1) is 29.5 Å². The Hall–Kier alpha value is -2.71. The molecule has 2 aromatic heterocycles. The fourth-order valence-corrected chi connectivity index (χ4v) is 2.25. The number of fused-ring (bicyclic) bond motifs is 1. The minimum Gasteiger partial charge on any atom is -0.292 e. The van der Waals surface area contributed by atoms with Crippen molar-refractivity contribution in [2.75, 3.05) is 0 Å². The van der Waals surface area contributed by atoms with Crippen LogP contribution in [-0.2, 0) is 0 Å². The molecular formula is C15H9ClN4O. The van der Waals surface area contributed by atoms with Gasteiger partial charge >= 0.3 is 0 Å². The molecule has 2 heterocycles. The summed E-state index contributed by atoms with van der Waals surface area (Å²) < 4.78 is 1.55. The SMILES string of the molecule is N#CC(C(=O)c1cnn2ccncc12)c1ccc(Cl)cc1. The van der Waals surface area contributed by atoms with Crippen molar-refractivity contribution >= 4 is 22.9 Å². The smallest absolute Gasteiger partial charge is 0.188 e. The first-order valence-corrected chi connectivity index (χ1v) is 6.55. The lowest BCUT2D eigenvalue weighted by atomic mass is 9.92. The highest BCUT2D eigenvalue weighted by Crippen LogP contribution is 2.24. The van der Waals surface area contributed by atoms with E-state index in [1.165, 1.54) is 6.20 Å². The number of rotatable bonds is 3. The van der Waals surface area contributed by atoms with E-state index in [1.54, 1.807) is 47.4 Å². The van der Waals surface area contributed by atoms with E-state index < -0.39 is 5.92 Å². The quantitative estimate of drug-likeness (QED) is 0.697. The summed E-state index contributed by atoms with van der Waals surface area (Å²) in [5.74, 6) is -1.20. The van der Waals surface area contributed by atoms with Crippen LogP contribution in [0.1, 0.15) is 21.8 Å². The van der Waals surface area contributed by atoms with Crippen LogP contribution in [-0.4, -0.2) is 20.4 Å². The number of hydrogen-bond acceptors (Lipinski definition) is 4. The van der Waals surface area contributed by atoms with Gasteiger partial charge in [0.1, 0.15) is 5.92 Å². The van der Waals surface area contributed by atoms with Crippen molar-refractivity contribution in [2.24, 2.45) is 0 Å². The van der Waals surface area contributed by atoms with E-state index in [-0.39, 0.29) is 5.78 Å². The van der Waals surface area contributed by atoms with Gasteiger partial charge in [-0.1, -0.05) is 23.7 Å². The molecule has 6 heteroatoms. The van der Waals surface area contributed by atoms with E-state index in [9.17, 15) is 10.1 Å². The molecule has 21 heavy (non-hydrogen) atoms. The van der Waals surface area contributed by atoms with Gasteiger partial charge in [-0.2, -0.15) is 10.4 Å². The van der Waals surface area contributed by atoms with E-state index in [0.29, 0.717) is 21.7 Å². The molecule has 0 N–H and O–H groups in total. The Kier molecular flexibility index (Phi) is 3.38. The van der Waals surface area contributed by atoms with Crippen LogP contribution >= 0.6 is 11.6 Å². The average Bonchev–Trinajstić information content (AvgIpc) is 2.94. The standard InChI is InChI=1S/C15H9ClN4O/c16-11-3-1-10(2-4-11)12(7-17)15(21)13-8-19-20-6-5-18-9-14(13)20/h1-6,8-9,12H. The second-order valence-corrected chi connectivity index (χ2v) is 4.88. The van der Waals surface area contributed by atoms with Gasteiger partial charge in [-0.05, 0) is 17.7 Å². The molecule has 0 aliphatic rings. The highest BCUT2D eigenvalue weighted by atomic mass is 35.5. The number of halogens is 1. The summed E-state index contributed by atoms with van der Waals surface area (Å²) in [6.07, 6.45) is 6.24. The third-order valence-corrected chi connectivity index (χ3v) is 3.44. The van der Waals surface area contributed by atoms with Gasteiger partial charge in [0.15, 0.2) is 5.78 Å². The summed E-state index contributed by atoms with van der Waals surface area (Å²) in [6, 6.07) is 8.72. The van der Waals surface area contributed by atoms with Crippen molar-refractivity contribution in [3.8, 4) is 6.07 Å². The van der Waals surface area contributed by atoms with E-state index in [0.717, 1.165) is 0 Å². The number of ketones is 1. The number of carbonyl (C=O) groups excluding carboxylic acids is 1. The van der Waals surface area contributed by atoms with Gasteiger partial charge in [0, 0.05) is 17.4 Å². The zero-order chi connectivity index (χ0) is 14.8. The Morgan fingerprint density at radius 1 is 1.29 bits per heavy atom. The fraction of sp³-hybridized carbons (Fsp3) is 0.0667. The molecular weight excluding hydrogens is 288 g/mol. The third kappa shape index (κ3) is 2.37. The van der Waals surface area contributed by atoms with Crippen LogP contribution in [0.3, 0.4) is 0 Å². The van der Waals surface area contributed by atoms with Gasteiger partial charge in [-0.15, -0.1) is 0 Å². The normalized spacial score (nSPS) is 12.0. The molecule has 102 valence electrons. The van der Waals surface area contributed by atoms with Crippen LogP contribution in [0.4, 0.5) is 0 Å². The first kappa shape index (κ1) is 13.3. The van der Waals surface area contributed by atoms with E-state index in [4.69, 9.17) is 11.6 Å². The van der Waals surface area contributed by atoms with Crippen molar-refractivity contribution in [1.82, 2.24) is 14.6 Å². The predicted molar refractivity (Wildman–Crippen MR) is 77.1 cm³/mol. The molecule has 3 rings (SSSR count). The van der Waals surface area contributed by atoms with Crippen LogP contribution in [0.5, 0.6) is 0 Å². The summed E-state index contributed by atoms with van der Waals surface area (Å²) in [5, 5.41) is 14.0. The fourth-order valence-electron chi connectivity index (χ4n) is 2.12. The predicted octanol–water partition coefficient (Wildman–Crippen LogP) is 2.87. The summed E-state index contributed by atoms with van der Waals surface area (Å²) >= 11 is 5.83. The van der Waals surface area contributed by atoms with Crippen LogP contribution in [0.25, 0.3) is 5.52 Å². The summed E-state index contributed by atoms with van der Waals surface area (Å²) in [7, 11) is 0. The van der Waals surface area contributed by atoms with Gasteiger partial charge in [0.25, 0.3) is 0 Å². The molecule has 5 nitrogen and oxygen atoms in total. The number of nitrogens with zero attached hydrogens (tertiary/aromatic N) is 4. The molecule has 0 aliphatic heterocycles. The minimum atomic E-state index is -0.893. The van der Waals surface area contributed by atoms with Crippen molar-refractivity contribution in [3.05, 3.63) is 65.2 Å². The van der Waals surface area contributed by atoms with E-state index >= 15 is 0 Å². The lowest BCUT2D eigenvalue weighted by Gasteiger charge is -2.07. The number of carbonyl (C=O) groups is 1. The number of aromatic nitrogens is 3. The Balaban J connectivity index is 2.03. The number of nitriles is 1. The van der Waals surface area contributed by atoms with Crippen molar-refractivity contribution in [2.45, 2.75) is 5.92 Å². The van der Waals surface area contributed by atoms with Crippen LogP contribution in [0.2, 0.25) is 5.02 Å². The third-order valence-electron chi connectivity index (χ3n) is 3.18. The highest BCUT2D eigenvalue weighted by molar-refractivity contribution is 6.30. The maximum absolute atomic E-state index is 12.6. The molecule has 0 fully saturated rings. The zero-order valence-corrected chi connectivity index (χ0v) is 11.5. The van der Waals surface area contributed by atoms with Crippen LogP contribution in [0.15, 0.2) is 49.1 Å².